The topological polar surface area (TPSA) is 125 Å². The molecule has 2 heterocycles. The number of hydrogen-bond acceptors (Lipinski definition) is 9. The van der Waals surface area contributed by atoms with Gasteiger partial charge in [-0.2, -0.15) is 0 Å². The first-order valence-electron chi connectivity index (χ1n) is 9.87. The van der Waals surface area contributed by atoms with Crippen LogP contribution in [-0.2, 0) is 15.3 Å². The molecule has 3 rings (SSSR count). The largest absolute Gasteiger partial charge is 0.462 e. The van der Waals surface area contributed by atoms with E-state index in [9.17, 15) is 9.59 Å². The number of esters is 1. The van der Waals surface area contributed by atoms with E-state index in [1.54, 1.807) is 18.4 Å². The molecule has 0 aliphatic rings. The van der Waals surface area contributed by atoms with Crippen molar-refractivity contribution in [2.45, 2.75) is 44.1 Å². The lowest BCUT2D eigenvalue weighted by Crippen LogP contribution is -2.27. The van der Waals surface area contributed by atoms with E-state index >= 15 is 0 Å². The van der Waals surface area contributed by atoms with Gasteiger partial charge in [0.15, 0.2) is 10.3 Å². The van der Waals surface area contributed by atoms with Crippen molar-refractivity contribution < 1.29 is 14.3 Å². The Kier molecular flexibility index (Phi) is 8.10. The maximum Gasteiger partial charge on any atom is 0.350 e. The molecule has 1 amide bonds. The molecule has 3 N–H and O–H groups in total. The Morgan fingerprint density at radius 2 is 2.06 bits per heavy atom. The summed E-state index contributed by atoms with van der Waals surface area (Å²) < 4.78 is 6.63. The highest BCUT2D eigenvalue weighted by molar-refractivity contribution is 7.98. The van der Waals surface area contributed by atoms with Gasteiger partial charge in [-0.1, -0.05) is 59.8 Å². The number of nitrogens with one attached hydrogen (secondary N) is 1. The molecule has 0 fully saturated rings. The average Bonchev–Trinajstić information content (AvgIpc) is 3.31. The molecule has 3 aromatic rings. The Balaban J connectivity index is 1.77. The second-order valence-electron chi connectivity index (χ2n) is 6.66. The monoisotopic (exact) mass is 494 g/mol. The van der Waals surface area contributed by atoms with Crippen LogP contribution in [0.2, 0.25) is 5.02 Å². The number of aromatic nitrogens is 4. The number of nitrogens with zero attached hydrogens (tertiary/aromatic N) is 4. The number of nitrogens with two attached hydrogens (primary N) is 1. The van der Waals surface area contributed by atoms with Crippen molar-refractivity contribution in [3.63, 3.8) is 0 Å². The van der Waals surface area contributed by atoms with Gasteiger partial charge in [0.25, 0.3) is 0 Å². The first-order valence-corrected chi connectivity index (χ1v) is 12.1. The lowest BCUT2D eigenvalue weighted by atomic mass is 10.2. The highest BCUT2D eigenvalue weighted by Crippen LogP contribution is 2.31. The molecule has 32 heavy (non-hydrogen) atoms. The number of thioether (sulfide) groups is 1. The van der Waals surface area contributed by atoms with E-state index in [0.717, 1.165) is 16.9 Å². The van der Waals surface area contributed by atoms with Crippen LogP contribution in [0.1, 0.15) is 47.2 Å². The van der Waals surface area contributed by atoms with Crippen LogP contribution in [0.25, 0.3) is 0 Å². The van der Waals surface area contributed by atoms with Gasteiger partial charge in [0.05, 0.1) is 12.3 Å². The molecule has 1 unspecified atom stereocenters. The maximum absolute atomic E-state index is 13.1. The smallest absolute Gasteiger partial charge is 0.350 e. The summed E-state index contributed by atoms with van der Waals surface area (Å²) in [5, 5.41) is 12.3. The Hall–Kier alpha value is -2.63. The zero-order valence-electron chi connectivity index (χ0n) is 17.8. The van der Waals surface area contributed by atoms with Crippen molar-refractivity contribution >= 4 is 57.7 Å². The summed E-state index contributed by atoms with van der Waals surface area (Å²) >= 11 is 8.70. The second-order valence-corrected chi connectivity index (χ2v) is 9.01. The summed E-state index contributed by atoms with van der Waals surface area (Å²) in [5.41, 5.74) is 7.48. The number of carbonyl (C=O) groups excluding carboxylic acids is 2. The Morgan fingerprint density at radius 1 is 1.31 bits per heavy atom. The quantitative estimate of drug-likeness (QED) is 0.332. The number of benzene rings is 1. The molecule has 0 aliphatic heterocycles. The predicted octanol–water partition coefficient (Wildman–Crippen LogP) is 4.34. The zero-order chi connectivity index (χ0) is 23.3. The van der Waals surface area contributed by atoms with E-state index in [2.05, 4.69) is 20.5 Å². The van der Waals surface area contributed by atoms with Gasteiger partial charge in [-0.3, -0.25) is 9.36 Å². The van der Waals surface area contributed by atoms with Crippen molar-refractivity contribution in [2.24, 2.45) is 0 Å². The SMILES string of the molecule is CCOC(=O)c1sc(NC(=O)C(CC)n2c(N)nnc2SCc2ccccc2Cl)nc1C. The number of hydrogen-bond donors (Lipinski definition) is 2. The number of ether oxygens (including phenoxy) is 1. The van der Waals surface area contributed by atoms with Crippen molar-refractivity contribution in [2.75, 3.05) is 17.7 Å². The highest BCUT2D eigenvalue weighted by Gasteiger charge is 2.27. The van der Waals surface area contributed by atoms with Crippen LogP contribution in [-0.4, -0.2) is 38.2 Å². The molecule has 0 saturated heterocycles. The number of aryl methyl sites for hydroxylation is 1. The normalized spacial score (nSPS) is 11.9. The highest BCUT2D eigenvalue weighted by atomic mass is 35.5. The van der Waals surface area contributed by atoms with Crippen LogP contribution < -0.4 is 11.1 Å². The average molecular weight is 495 g/mol. The van der Waals surface area contributed by atoms with Crippen LogP contribution in [0.4, 0.5) is 11.1 Å². The maximum atomic E-state index is 13.1. The third kappa shape index (κ3) is 5.40. The third-order valence-corrected chi connectivity index (χ3v) is 6.91. The first kappa shape index (κ1) is 24.0. The summed E-state index contributed by atoms with van der Waals surface area (Å²) in [7, 11) is 0. The summed E-state index contributed by atoms with van der Waals surface area (Å²) in [6.45, 7) is 5.55. The fourth-order valence-electron chi connectivity index (χ4n) is 2.95. The van der Waals surface area contributed by atoms with Gasteiger partial charge in [0.2, 0.25) is 11.9 Å². The van der Waals surface area contributed by atoms with Crippen molar-refractivity contribution in [3.8, 4) is 0 Å². The first-order chi connectivity index (χ1) is 15.3. The van der Waals surface area contributed by atoms with Crippen LogP contribution in [0.3, 0.4) is 0 Å². The molecule has 0 bridgehead atoms. The van der Waals surface area contributed by atoms with Gasteiger partial charge in [0.1, 0.15) is 10.9 Å². The molecule has 9 nitrogen and oxygen atoms in total. The van der Waals surface area contributed by atoms with Crippen molar-refractivity contribution in [3.05, 3.63) is 45.4 Å². The van der Waals surface area contributed by atoms with Crippen LogP contribution in [0.5, 0.6) is 0 Å². The minimum absolute atomic E-state index is 0.135. The van der Waals surface area contributed by atoms with Crippen molar-refractivity contribution in [1.82, 2.24) is 19.7 Å². The number of anilines is 2. The van der Waals surface area contributed by atoms with E-state index in [-0.39, 0.29) is 18.5 Å². The van der Waals surface area contributed by atoms with E-state index in [1.165, 1.54) is 11.8 Å². The standard InChI is InChI=1S/C20H23ClN6O3S2/c1-4-14(16(28)24-19-23-11(3)15(32-19)17(29)30-5-2)27-18(22)25-26-20(27)31-10-12-8-6-7-9-13(12)21/h6-9,14H,4-5,10H2,1-3H3,(H2,22,25)(H,23,24,28). The molecule has 0 radical (unpaired) electrons. The number of amides is 1. The molecule has 170 valence electrons. The Bertz CT molecular complexity index is 1120. The van der Waals surface area contributed by atoms with Gasteiger partial charge in [-0.25, -0.2) is 9.78 Å². The van der Waals surface area contributed by atoms with Gasteiger partial charge in [-0.15, -0.1) is 10.2 Å². The molecule has 1 atom stereocenters. The van der Waals surface area contributed by atoms with Crippen LogP contribution >= 0.6 is 34.7 Å². The fourth-order valence-corrected chi connectivity index (χ4v) is 5.09. The van der Waals surface area contributed by atoms with Gasteiger partial charge in [-0.05, 0) is 31.9 Å². The summed E-state index contributed by atoms with van der Waals surface area (Å²) in [5.74, 6) is -0.111. The van der Waals surface area contributed by atoms with Crippen LogP contribution in [0, 0.1) is 6.92 Å². The van der Waals surface area contributed by atoms with Crippen LogP contribution in [0.15, 0.2) is 29.4 Å². The van der Waals surface area contributed by atoms with Gasteiger partial charge < -0.3 is 15.8 Å². The fraction of sp³-hybridized carbons (Fsp3) is 0.350. The number of carbonyl (C=O) groups is 2. The molecular formula is C20H23ClN6O3S2. The third-order valence-electron chi connectivity index (χ3n) is 4.49. The lowest BCUT2D eigenvalue weighted by Gasteiger charge is -2.18. The summed E-state index contributed by atoms with van der Waals surface area (Å²) in [4.78, 5) is 29.7. The molecular weight excluding hydrogens is 472 g/mol. The predicted molar refractivity (Wildman–Crippen MR) is 126 cm³/mol. The van der Waals surface area contributed by atoms with E-state index in [0.29, 0.717) is 38.1 Å². The minimum Gasteiger partial charge on any atom is -0.462 e. The molecule has 0 aliphatic carbocycles. The second kappa shape index (κ2) is 10.8. The summed E-state index contributed by atoms with van der Waals surface area (Å²) in [6.07, 6.45) is 0.447. The molecule has 2 aromatic heterocycles. The van der Waals surface area contributed by atoms with E-state index in [1.807, 2.05) is 31.2 Å². The number of rotatable bonds is 9. The summed E-state index contributed by atoms with van der Waals surface area (Å²) in [6, 6.07) is 6.86. The lowest BCUT2D eigenvalue weighted by molar-refractivity contribution is -0.119. The van der Waals surface area contributed by atoms with E-state index < -0.39 is 12.0 Å². The molecule has 0 saturated carbocycles. The van der Waals surface area contributed by atoms with Gasteiger partial charge >= 0.3 is 5.97 Å². The molecule has 0 spiro atoms. The van der Waals surface area contributed by atoms with Crippen molar-refractivity contribution in [1.29, 1.82) is 0 Å². The molecule has 12 heteroatoms. The van der Waals surface area contributed by atoms with E-state index in [4.69, 9.17) is 22.1 Å². The zero-order valence-corrected chi connectivity index (χ0v) is 20.2. The number of nitrogen functional groups attached to an aromatic ring is 1. The minimum atomic E-state index is -0.658. The Labute approximate surface area is 198 Å². The Morgan fingerprint density at radius 3 is 2.75 bits per heavy atom. The number of thiazole rings is 1. The molecule has 1 aromatic carbocycles. The van der Waals surface area contributed by atoms with Gasteiger partial charge in [0, 0.05) is 10.8 Å². The number of halogens is 1.